The number of nitro benzene ring substituents is 1. The highest BCUT2D eigenvalue weighted by atomic mass is 79.9. The molecule has 1 rings (SSSR count). The maximum absolute atomic E-state index is 13.2. The lowest BCUT2D eigenvalue weighted by molar-refractivity contribution is -0.384. The van der Waals surface area contributed by atoms with E-state index in [4.69, 9.17) is 5.11 Å². The summed E-state index contributed by atoms with van der Waals surface area (Å²) < 4.78 is 13.3. The van der Waals surface area contributed by atoms with Crippen molar-refractivity contribution in [1.82, 2.24) is 0 Å². The second kappa shape index (κ2) is 5.92. The minimum Gasteiger partial charge on any atom is -0.393 e. The van der Waals surface area contributed by atoms with Crippen molar-refractivity contribution in [1.29, 1.82) is 0 Å². The Hall–Kier alpha value is -1.21. The summed E-state index contributed by atoms with van der Waals surface area (Å²) in [4.78, 5) is 10.1. The number of nitrogens with one attached hydrogen (secondary N) is 1. The summed E-state index contributed by atoms with van der Waals surface area (Å²) in [5.41, 5.74) is -0.0970. The second-order valence-corrected chi connectivity index (χ2v) is 4.46. The summed E-state index contributed by atoms with van der Waals surface area (Å²) in [6.45, 7) is 1.99. The first-order valence-electron chi connectivity index (χ1n) is 4.97. The van der Waals surface area contributed by atoms with Crippen molar-refractivity contribution < 1.29 is 14.4 Å². The Morgan fingerprint density at radius 1 is 1.65 bits per heavy atom. The number of halogens is 2. The van der Waals surface area contributed by atoms with Gasteiger partial charge in [0.05, 0.1) is 21.6 Å². The smallest absolute Gasteiger partial charge is 0.295 e. The van der Waals surface area contributed by atoms with Gasteiger partial charge in [0.2, 0.25) is 0 Å². The molecule has 0 aliphatic rings. The molecule has 7 heteroatoms. The van der Waals surface area contributed by atoms with Gasteiger partial charge in [0.15, 0.2) is 0 Å². The molecular weight excluding hydrogens is 295 g/mol. The lowest BCUT2D eigenvalue weighted by atomic mass is 10.2. The normalized spacial score (nSPS) is 12.2. The first-order chi connectivity index (χ1) is 7.91. The van der Waals surface area contributed by atoms with E-state index < -0.39 is 16.8 Å². The van der Waals surface area contributed by atoms with E-state index in [2.05, 4.69) is 21.2 Å². The van der Waals surface area contributed by atoms with Crippen LogP contribution in [-0.4, -0.2) is 22.7 Å². The molecule has 1 unspecified atom stereocenters. The monoisotopic (exact) mass is 306 g/mol. The lowest BCUT2D eigenvalue weighted by Crippen LogP contribution is -2.11. The number of aliphatic hydroxyl groups excluding tert-OH is 1. The van der Waals surface area contributed by atoms with Gasteiger partial charge in [0.25, 0.3) is 5.69 Å². The Balaban J connectivity index is 2.89. The maximum Gasteiger partial charge on any atom is 0.295 e. The minimum absolute atomic E-state index is 0.155. The molecule has 0 radical (unpaired) electrons. The molecule has 1 aromatic carbocycles. The van der Waals surface area contributed by atoms with Gasteiger partial charge in [-0.15, -0.1) is 0 Å². The van der Waals surface area contributed by atoms with Crippen LogP contribution in [0.25, 0.3) is 0 Å². The molecule has 1 aromatic rings. The van der Waals surface area contributed by atoms with Crippen molar-refractivity contribution in [2.24, 2.45) is 0 Å². The Labute approximate surface area is 106 Å². The summed E-state index contributed by atoms with van der Waals surface area (Å²) in [7, 11) is 0. The summed E-state index contributed by atoms with van der Waals surface area (Å²) in [5.74, 6) is -0.683. The van der Waals surface area contributed by atoms with Gasteiger partial charge in [-0.25, -0.2) is 4.39 Å². The highest BCUT2D eigenvalue weighted by Gasteiger charge is 2.17. The number of hydrogen-bond donors (Lipinski definition) is 2. The third kappa shape index (κ3) is 3.94. The molecule has 0 spiro atoms. The van der Waals surface area contributed by atoms with E-state index in [-0.39, 0.29) is 15.8 Å². The van der Waals surface area contributed by atoms with Crippen LogP contribution in [-0.2, 0) is 0 Å². The summed E-state index contributed by atoms with van der Waals surface area (Å²) in [5, 5.41) is 22.6. The average Bonchev–Trinajstić information content (AvgIpc) is 2.22. The van der Waals surface area contributed by atoms with E-state index in [0.29, 0.717) is 13.0 Å². The van der Waals surface area contributed by atoms with Gasteiger partial charge >= 0.3 is 0 Å². The van der Waals surface area contributed by atoms with Crippen molar-refractivity contribution >= 4 is 27.3 Å². The molecule has 0 saturated heterocycles. The molecule has 0 saturated carbocycles. The molecule has 0 fully saturated rings. The summed E-state index contributed by atoms with van der Waals surface area (Å²) in [6.07, 6.45) is -0.0444. The molecule has 2 N–H and O–H groups in total. The number of anilines is 1. The van der Waals surface area contributed by atoms with E-state index in [1.54, 1.807) is 6.92 Å². The van der Waals surface area contributed by atoms with Crippen LogP contribution in [0.4, 0.5) is 15.8 Å². The fourth-order valence-electron chi connectivity index (χ4n) is 1.24. The van der Waals surface area contributed by atoms with Gasteiger partial charge in [-0.05, 0) is 35.3 Å². The van der Waals surface area contributed by atoms with E-state index in [0.717, 1.165) is 6.07 Å². The van der Waals surface area contributed by atoms with Crippen LogP contribution in [0.3, 0.4) is 0 Å². The lowest BCUT2D eigenvalue weighted by Gasteiger charge is -2.09. The van der Waals surface area contributed by atoms with Gasteiger partial charge in [0.1, 0.15) is 11.5 Å². The number of benzene rings is 1. The molecule has 0 aliphatic carbocycles. The second-order valence-electron chi connectivity index (χ2n) is 3.61. The van der Waals surface area contributed by atoms with Crippen LogP contribution in [0.15, 0.2) is 16.6 Å². The molecule has 5 nitrogen and oxygen atoms in total. The van der Waals surface area contributed by atoms with E-state index >= 15 is 0 Å². The topological polar surface area (TPSA) is 75.4 Å². The molecule has 1 atom stereocenters. The quantitative estimate of drug-likeness (QED) is 0.648. The van der Waals surface area contributed by atoms with Crippen LogP contribution in [0.1, 0.15) is 13.3 Å². The fourth-order valence-corrected chi connectivity index (χ4v) is 1.59. The van der Waals surface area contributed by atoms with E-state index in [9.17, 15) is 14.5 Å². The predicted molar refractivity (Wildman–Crippen MR) is 65.5 cm³/mol. The van der Waals surface area contributed by atoms with Crippen LogP contribution in [0.2, 0.25) is 0 Å². The van der Waals surface area contributed by atoms with Gasteiger partial charge in [-0.3, -0.25) is 10.1 Å². The first kappa shape index (κ1) is 13.9. The van der Waals surface area contributed by atoms with Crippen LogP contribution in [0, 0.1) is 15.9 Å². The van der Waals surface area contributed by atoms with Crippen molar-refractivity contribution in [3.05, 3.63) is 32.5 Å². The number of rotatable bonds is 5. The third-order valence-corrected chi connectivity index (χ3v) is 2.72. The van der Waals surface area contributed by atoms with Crippen LogP contribution in [0.5, 0.6) is 0 Å². The predicted octanol–water partition coefficient (Wildman–Crippen LogP) is 2.68. The highest BCUT2D eigenvalue weighted by molar-refractivity contribution is 9.10. The molecule has 0 aliphatic heterocycles. The zero-order valence-corrected chi connectivity index (χ0v) is 10.7. The Morgan fingerprint density at radius 2 is 2.29 bits per heavy atom. The van der Waals surface area contributed by atoms with E-state index in [1.165, 1.54) is 6.07 Å². The Morgan fingerprint density at radius 3 is 2.82 bits per heavy atom. The van der Waals surface area contributed by atoms with E-state index in [1.807, 2.05) is 0 Å². The molecule has 94 valence electrons. The van der Waals surface area contributed by atoms with Crippen LogP contribution < -0.4 is 5.32 Å². The SMILES string of the molecule is CC(O)CCNc1cc(Br)c(F)cc1[N+](=O)[O-]. The number of hydrogen-bond acceptors (Lipinski definition) is 4. The molecular formula is C10H12BrFN2O3. The number of nitrogens with zero attached hydrogens (tertiary/aromatic N) is 1. The van der Waals surface area contributed by atoms with Gasteiger partial charge in [-0.2, -0.15) is 0 Å². The Kier molecular flexibility index (Phi) is 4.83. The standard InChI is InChI=1S/C10H12BrFN2O3/c1-6(15)2-3-13-9-4-7(11)8(12)5-10(9)14(16)17/h4-6,13,15H,2-3H2,1H3. The molecule has 0 bridgehead atoms. The number of aliphatic hydroxyl groups is 1. The Bertz CT molecular complexity index is 426. The maximum atomic E-state index is 13.2. The highest BCUT2D eigenvalue weighted by Crippen LogP contribution is 2.30. The van der Waals surface area contributed by atoms with Crippen LogP contribution >= 0.6 is 15.9 Å². The summed E-state index contributed by atoms with van der Waals surface area (Å²) >= 11 is 2.96. The van der Waals surface area contributed by atoms with Crippen molar-refractivity contribution in [2.45, 2.75) is 19.4 Å². The van der Waals surface area contributed by atoms with Crippen molar-refractivity contribution in [3.8, 4) is 0 Å². The van der Waals surface area contributed by atoms with Gasteiger partial charge < -0.3 is 10.4 Å². The molecule has 0 aromatic heterocycles. The first-order valence-corrected chi connectivity index (χ1v) is 5.76. The third-order valence-electron chi connectivity index (χ3n) is 2.11. The fraction of sp³-hybridized carbons (Fsp3) is 0.400. The minimum atomic E-state index is -0.683. The molecule has 0 heterocycles. The van der Waals surface area contributed by atoms with Gasteiger partial charge in [0, 0.05) is 6.54 Å². The zero-order valence-electron chi connectivity index (χ0n) is 9.11. The van der Waals surface area contributed by atoms with Crippen molar-refractivity contribution in [3.63, 3.8) is 0 Å². The molecule has 17 heavy (non-hydrogen) atoms. The average molecular weight is 307 g/mol. The number of nitro groups is 1. The largest absolute Gasteiger partial charge is 0.393 e. The molecule has 0 amide bonds. The van der Waals surface area contributed by atoms with Gasteiger partial charge in [-0.1, -0.05) is 0 Å². The zero-order chi connectivity index (χ0) is 13.0. The summed E-state index contributed by atoms with van der Waals surface area (Å²) in [6, 6.07) is 2.17. The van der Waals surface area contributed by atoms with Crippen molar-refractivity contribution in [2.75, 3.05) is 11.9 Å².